The Morgan fingerprint density at radius 1 is 1.24 bits per heavy atom. The number of piperazine rings is 1. The number of nitrogen functional groups attached to an aromatic ring is 1. The number of aromatic nitrogens is 3. The number of halogens is 1. The van der Waals surface area contributed by atoms with Crippen molar-refractivity contribution in [2.75, 3.05) is 48.3 Å². The summed E-state index contributed by atoms with van der Waals surface area (Å²) < 4.78 is 22.9. The number of pyridine rings is 1. The van der Waals surface area contributed by atoms with E-state index < -0.39 is 22.8 Å². The van der Waals surface area contributed by atoms with Crippen molar-refractivity contribution in [2.24, 2.45) is 0 Å². The minimum absolute atomic E-state index is 0.0196. The fourth-order valence-electron chi connectivity index (χ4n) is 4.44. The molecule has 33 heavy (non-hydrogen) atoms. The van der Waals surface area contributed by atoms with Crippen LogP contribution in [-0.2, 0) is 0 Å². The number of nitrogens with one attached hydrogen (secondary N) is 1. The number of aromatic amines is 1. The molecular weight excluding hydrogens is 435 g/mol. The van der Waals surface area contributed by atoms with E-state index in [1.54, 1.807) is 4.57 Å². The number of H-pyrrole nitrogens is 1. The largest absolute Gasteiger partial charge is 0.487 e. The van der Waals surface area contributed by atoms with Crippen LogP contribution in [-0.4, -0.2) is 58.4 Å². The number of aromatic carboxylic acids is 1. The molecule has 2 aliphatic heterocycles. The lowest BCUT2D eigenvalue weighted by Crippen LogP contribution is -2.47. The van der Waals surface area contributed by atoms with Gasteiger partial charge in [0.15, 0.2) is 11.6 Å². The summed E-state index contributed by atoms with van der Waals surface area (Å²) >= 11 is 0. The summed E-state index contributed by atoms with van der Waals surface area (Å²) in [4.78, 5) is 46.2. The molecule has 2 aliphatic rings. The molecule has 0 amide bonds. The second-order valence-corrected chi connectivity index (χ2v) is 8.14. The molecule has 5 rings (SSSR count). The van der Waals surface area contributed by atoms with E-state index in [2.05, 4.69) is 9.97 Å². The van der Waals surface area contributed by atoms with E-state index in [0.29, 0.717) is 37.5 Å². The Balaban J connectivity index is 1.56. The van der Waals surface area contributed by atoms with Gasteiger partial charge in [-0.25, -0.2) is 9.18 Å². The molecule has 3 aromatic rings. The normalized spacial score (nSPS) is 17.8. The maximum atomic E-state index is 15.3. The van der Waals surface area contributed by atoms with Crippen molar-refractivity contribution in [3.8, 4) is 5.75 Å². The molecule has 11 nitrogen and oxygen atoms in total. The SMILES string of the molecule is C[C@H]1COc2c(N3CCN(c4cc(=O)[nH]c(N)n4)CC3)c(F)cc3c(=O)c(C(=O)O)cn1c23. The van der Waals surface area contributed by atoms with Crippen LogP contribution in [0.1, 0.15) is 23.3 Å². The first-order valence-corrected chi connectivity index (χ1v) is 10.4. The van der Waals surface area contributed by atoms with Gasteiger partial charge in [-0.1, -0.05) is 0 Å². The Bertz CT molecular complexity index is 1410. The smallest absolute Gasteiger partial charge is 0.341 e. The summed E-state index contributed by atoms with van der Waals surface area (Å²) in [7, 11) is 0. The number of benzene rings is 1. The average Bonchev–Trinajstić information content (AvgIpc) is 2.76. The summed E-state index contributed by atoms with van der Waals surface area (Å²) in [6.45, 7) is 3.75. The van der Waals surface area contributed by atoms with Gasteiger partial charge in [0, 0.05) is 38.4 Å². The number of carboxylic acids is 1. The summed E-state index contributed by atoms with van der Waals surface area (Å²) in [6.07, 6.45) is 1.30. The van der Waals surface area contributed by atoms with E-state index >= 15 is 4.39 Å². The molecule has 0 radical (unpaired) electrons. The molecule has 0 spiro atoms. The van der Waals surface area contributed by atoms with Gasteiger partial charge in [0.05, 0.1) is 16.9 Å². The Hall–Kier alpha value is -4.09. The lowest BCUT2D eigenvalue weighted by molar-refractivity contribution is 0.0694. The third-order valence-electron chi connectivity index (χ3n) is 6.04. The zero-order valence-electron chi connectivity index (χ0n) is 17.7. The van der Waals surface area contributed by atoms with E-state index in [9.17, 15) is 19.5 Å². The number of hydrogen-bond donors (Lipinski definition) is 3. The fourth-order valence-corrected chi connectivity index (χ4v) is 4.44. The van der Waals surface area contributed by atoms with E-state index in [4.69, 9.17) is 10.5 Å². The highest BCUT2D eigenvalue weighted by Gasteiger charge is 2.31. The Morgan fingerprint density at radius 3 is 2.61 bits per heavy atom. The van der Waals surface area contributed by atoms with Crippen molar-refractivity contribution in [1.82, 2.24) is 14.5 Å². The summed E-state index contributed by atoms with van der Waals surface area (Å²) in [5, 5.41) is 9.39. The molecule has 4 heterocycles. The zero-order valence-corrected chi connectivity index (χ0v) is 17.7. The monoisotopic (exact) mass is 456 g/mol. The van der Waals surface area contributed by atoms with E-state index in [0.717, 1.165) is 6.07 Å². The van der Waals surface area contributed by atoms with Crippen molar-refractivity contribution in [2.45, 2.75) is 13.0 Å². The molecule has 0 aliphatic carbocycles. The lowest BCUT2D eigenvalue weighted by Gasteiger charge is -2.38. The lowest BCUT2D eigenvalue weighted by atomic mass is 10.1. The van der Waals surface area contributed by atoms with Gasteiger partial charge in [-0.05, 0) is 13.0 Å². The first-order valence-electron chi connectivity index (χ1n) is 10.4. The predicted octanol–water partition coefficient (Wildman–Crippen LogP) is 0.784. The Labute approximate surface area is 185 Å². The van der Waals surface area contributed by atoms with Gasteiger partial charge < -0.3 is 29.9 Å². The van der Waals surface area contributed by atoms with Crippen molar-refractivity contribution in [3.63, 3.8) is 0 Å². The molecular formula is C21H21FN6O5. The number of carbonyl (C=O) groups is 1. The number of carboxylic acid groups (broad SMARTS) is 1. The van der Waals surface area contributed by atoms with Gasteiger partial charge in [0.25, 0.3) is 5.56 Å². The molecule has 1 atom stereocenters. The van der Waals surface area contributed by atoms with Gasteiger partial charge in [-0.3, -0.25) is 14.6 Å². The topological polar surface area (TPSA) is 147 Å². The first kappa shape index (κ1) is 20.8. The average molecular weight is 456 g/mol. The number of nitrogens with two attached hydrogens (primary N) is 1. The van der Waals surface area contributed by atoms with Crippen LogP contribution in [0.15, 0.2) is 27.9 Å². The molecule has 12 heteroatoms. The van der Waals surface area contributed by atoms with Crippen LogP contribution < -0.4 is 31.3 Å². The highest BCUT2D eigenvalue weighted by atomic mass is 19.1. The number of nitrogens with zero attached hydrogens (tertiary/aromatic N) is 4. The third-order valence-corrected chi connectivity index (χ3v) is 6.04. The quantitative estimate of drug-likeness (QED) is 0.520. The summed E-state index contributed by atoms with van der Waals surface area (Å²) in [5.74, 6) is -1.34. The van der Waals surface area contributed by atoms with Gasteiger partial charge in [-0.15, -0.1) is 0 Å². The molecule has 1 aromatic carbocycles. The Kier molecular flexibility index (Phi) is 4.73. The van der Waals surface area contributed by atoms with Crippen molar-refractivity contribution in [3.05, 3.63) is 50.3 Å². The molecule has 0 unspecified atom stereocenters. The molecule has 1 fully saturated rings. The molecule has 1 saturated heterocycles. The third kappa shape index (κ3) is 3.34. The van der Waals surface area contributed by atoms with Crippen LogP contribution in [0.3, 0.4) is 0 Å². The van der Waals surface area contributed by atoms with Gasteiger partial charge in [-0.2, -0.15) is 4.98 Å². The number of anilines is 3. The first-order chi connectivity index (χ1) is 15.7. The van der Waals surface area contributed by atoms with Crippen LogP contribution >= 0.6 is 0 Å². The second kappa shape index (κ2) is 7.50. The van der Waals surface area contributed by atoms with Crippen molar-refractivity contribution >= 4 is 34.3 Å². The van der Waals surface area contributed by atoms with Crippen LogP contribution in [0.25, 0.3) is 10.9 Å². The predicted molar refractivity (Wildman–Crippen MR) is 119 cm³/mol. The number of ether oxygens (including phenoxy) is 1. The highest BCUT2D eigenvalue weighted by Crippen LogP contribution is 2.42. The standard InChI is InChI=1S/C21H21FN6O5/c1-10-9-33-19-16-11(18(30)12(20(31)32)8-28(10)16)6-13(22)17(19)27-4-2-26(3-5-27)14-7-15(29)25-21(23)24-14/h6-8,10H,2-5,9H2,1H3,(H,31,32)(H3,23,24,25,29)/t10-/m0/s1. The van der Waals surface area contributed by atoms with Gasteiger partial charge in [0.1, 0.15) is 23.7 Å². The van der Waals surface area contributed by atoms with Crippen LogP contribution in [0.5, 0.6) is 5.75 Å². The molecule has 172 valence electrons. The maximum absolute atomic E-state index is 15.3. The number of rotatable bonds is 3. The Morgan fingerprint density at radius 2 is 1.94 bits per heavy atom. The van der Waals surface area contributed by atoms with Gasteiger partial charge in [0.2, 0.25) is 11.4 Å². The summed E-state index contributed by atoms with van der Waals surface area (Å²) in [5.41, 5.74) is 4.73. The zero-order chi connectivity index (χ0) is 23.4. The van der Waals surface area contributed by atoms with Crippen LogP contribution in [0.2, 0.25) is 0 Å². The van der Waals surface area contributed by atoms with E-state index in [1.807, 2.05) is 16.7 Å². The van der Waals surface area contributed by atoms with E-state index in [-0.39, 0.29) is 41.0 Å². The van der Waals surface area contributed by atoms with Crippen molar-refractivity contribution in [1.29, 1.82) is 0 Å². The van der Waals surface area contributed by atoms with Crippen molar-refractivity contribution < 1.29 is 19.0 Å². The van der Waals surface area contributed by atoms with Gasteiger partial charge >= 0.3 is 5.97 Å². The maximum Gasteiger partial charge on any atom is 0.341 e. The van der Waals surface area contributed by atoms with E-state index in [1.165, 1.54) is 12.3 Å². The fraction of sp³-hybridized carbons (Fsp3) is 0.333. The second-order valence-electron chi connectivity index (χ2n) is 8.14. The van der Waals surface area contributed by atoms with Crippen LogP contribution in [0, 0.1) is 5.82 Å². The van der Waals surface area contributed by atoms with Crippen LogP contribution in [0.4, 0.5) is 21.8 Å². The molecule has 0 saturated carbocycles. The molecule has 0 bridgehead atoms. The highest BCUT2D eigenvalue weighted by molar-refractivity contribution is 5.97. The molecule has 2 aromatic heterocycles. The molecule has 4 N–H and O–H groups in total. The summed E-state index contributed by atoms with van der Waals surface area (Å²) in [6, 6.07) is 2.21. The minimum atomic E-state index is -1.36. The number of hydrogen-bond acceptors (Lipinski definition) is 8. The minimum Gasteiger partial charge on any atom is -0.487 e.